The summed E-state index contributed by atoms with van der Waals surface area (Å²) in [6.45, 7) is 4.24. The molecule has 0 spiro atoms. The van der Waals surface area contributed by atoms with Gasteiger partial charge in [-0.3, -0.25) is 9.59 Å². The van der Waals surface area contributed by atoms with Gasteiger partial charge in [0.1, 0.15) is 5.56 Å². The van der Waals surface area contributed by atoms with Crippen LogP contribution in [-0.4, -0.2) is 28.4 Å². The molecule has 1 aromatic carbocycles. The van der Waals surface area contributed by atoms with Gasteiger partial charge < -0.3 is 10.1 Å². The van der Waals surface area contributed by atoms with Crippen molar-refractivity contribution < 1.29 is 9.53 Å². The summed E-state index contributed by atoms with van der Waals surface area (Å²) in [4.78, 5) is 25.4. The number of nitrogens with one attached hydrogen (secondary N) is 1. The van der Waals surface area contributed by atoms with Gasteiger partial charge in [0.05, 0.1) is 17.8 Å². The second kappa shape index (κ2) is 7.19. The van der Waals surface area contributed by atoms with Gasteiger partial charge in [-0.25, -0.2) is 4.68 Å². The molecule has 3 rings (SSSR count). The highest BCUT2D eigenvalue weighted by molar-refractivity contribution is 5.95. The van der Waals surface area contributed by atoms with E-state index in [0.29, 0.717) is 17.9 Å². The zero-order valence-corrected chi connectivity index (χ0v) is 14.8. The number of benzene rings is 1. The zero-order valence-electron chi connectivity index (χ0n) is 14.8. The molecule has 6 heteroatoms. The van der Waals surface area contributed by atoms with Crippen LogP contribution in [0.4, 0.5) is 0 Å². The van der Waals surface area contributed by atoms with Crippen molar-refractivity contribution in [2.75, 3.05) is 6.61 Å². The third-order valence-electron chi connectivity index (χ3n) is 4.73. The molecular formula is C19H23N3O3. The van der Waals surface area contributed by atoms with Gasteiger partial charge in [-0.15, -0.1) is 0 Å². The number of aromatic nitrogens is 2. The van der Waals surface area contributed by atoms with Crippen LogP contribution >= 0.6 is 0 Å². The molecular weight excluding hydrogens is 318 g/mol. The number of hydrogen-bond acceptors (Lipinski definition) is 4. The first-order valence-electron chi connectivity index (χ1n) is 8.51. The number of aryl methyl sites for hydroxylation is 2. The Hall–Kier alpha value is -2.47. The molecule has 2 heterocycles. The molecule has 2 aromatic rings. The van der Waals surface area contributed by atoms with Crippen LogP contribution in [-0.2, 0) is 11.8 Å². The van der Waals surface area contributed by atoms with Crippen LogP contribution in [0.2, 0.25) is 0 Å². The Morgan fingerprint density at radius 2 is 2.04 bits per heavy atom. The lowest BCUT2D eigenvalue weighted by Crippen LogP contribution is -2.40. The van der Waals surface area contributed by atoms with Crippen LogP contribution in [0.15, 0.2) is 35.1 Å². The molecule has 0 unspecified atom stereocenters. The van der Waals surface area contributed by atoms with E-state index in [9.17, 15) is 9.59 Å². The summed E-state index contributed by atoms with van der Waals surface area (Å²) in [5, 5.41) is 7.15. The Balaban J connectivity index is 1.95. The molecule has 6 nitrogen and oxygen atoms in total. The Bertz CT molecular complexity index is 824. The SMILES string of the molecule is Cc1nn(C)c(=O)c(C(=O)N[C@@H](c2ccccc2)[C@@H]2CCCO2)c1C. The van der Waals surface area contributed by atoms with Crippen LogP contribution in [0.5, 0.6) is 0 Å². The second-order valence-corrected chi connectivity index (χ2v) is 6.43. The minimum absolute atomic E-state index is 0.0848. The smallest absolute Gasteiger partial charge is 0.279 e. The number of hydrogen-bond donors (Lipinski definition) is 1. The van der Waals surface area contributed by atoms with Crippen LogP contribution in [0, 0.1) is 13.8 Å². The van der Waals surface area contributed by atoms with Crippen molar-refractivity contribution >= 4 is 5.91 Å². The first-order chi connectivity index (χ1) is 12.0. The predicted molar refractivity (Wildman–Crippen MR) is 94.6 cm³/mol. The summed E-state index contributed by atoms with van der Waals surface area (Å²) >= 11 is 0. The average molecular weight is 341 g/mol. The summed E-state index contributed by atoms with van der Waals surface area (Å²) in [6, 6.07) is 9.46. The van der Waals surface area contributed by atoms with Crippen LogP contribution in [0.25, 0.3) is 0 Å². The van der Waals surface area contributed by atoms with E-state index >= 15 is 0 Å². The Labute approximate surface area is 146 Å². The predicted octanol–water partition coefficient (Wildman–Crippen LogP) is 2.05. The standard InChI is InChI=1S/C19H23N3O3/c1-12-13(2)21-22(3)19(24)16(12)18(23)20-17(15-10-7-11-25-15)14-8-5-4-6-9-14/h4-6,8-9,15,17H,7,10-11H2,1-3H3,(H,20,23)/t15-,17-/m0/s1. The molecule has 1 saturated heterocycles. The van der Waals surface area contributed by atoms with Crippen LogP contribution in [0.3, 0.4) is 0 Å². The average Bonchev–Trinajstić information content (AvgIpc) is 3.13. The van der Waals surface area contributed by atoms with Crippen molar-refractivity contribution in [3.63, 3.8) is 0 Å². The molecule has 0 bridgehead atoms. The number of carbonyl (C=O) groups excluding carboxylic acids is 1. The molecule has 2 atom stereocenters. The highest BCUT2D eigenvalue weighted by atomic mass is 16.5. The lowest BCUT2D eigenvalue weighted by atomic mass is 9.98. The topological polar surface area (TPSA) is 73.2 Å². The van der Waals surface area contributed by atoms with Crippen molar-refractivity contribution in [3.05, 3.63) is 63.1 Å². The normalized spacial score (nSPS) is 18.1. The quantitative estimate of drug-likeness (QED) is 0.924. The maximum Gasteiger partial charge on any atom is 0.279 e. The molecule has 1 amide bonds. The van der Waals surface area contributed by atoms with Crippen molar-refractivity contribution in [2.45, 2.75) is 38.8 Å². The number of rotatable bonds is 4. The van der Waals surface area contributed by atoms with Crippen molar-refractivity contribution in [1.82, 2.24) is 15.1 Å². The molecule has 1 aliphatic heterocycles. The van der Waals surface area contributed by atoms with E-state index in [4.69, 9.17) is 4.74 Å². The lowest BCUT2D eigenvalue weighted by molar-refractivity contribution is 0.0671. The second-order valence-electron chi connectivity index (χ2n) is 6.43. The number of amides is 1. The zero-order chi connectivity index (χ0) is 18.0. The Morgan fingerprint density at radius 3 is 2.68 bits per heavy atom. The van der Waals surface area contributed by atoms with Gasteiger partial charge in [0.2, 0.25) is 0 Å². The van der Waals surface area contributed by atoms with E-state index in [1.165, 1.54) is 4.68 Å². The monoisotopic (exact) mass is 341 g/mol. The Kier molecular flexibility index (Phi) is 4.99. The van der Waals surface area contributed by atoms with Crippen LogP contribution < -0.4 is 10.9 Å². The fraction of sp³-hybridized carbons (Fsp3) is 0.421. The fourth-order valence-electron chi connectivity index (χ4n) is 3.25. The molecule has 0 saturated carbocycles. The van der Waals surface area contributed by atoms with Gasteiger partial charge in [0, 0.05) is 13.7 Å². The number of ether oxygens (including phenoxy) is 1. The summed E-state index contributed by atoms with van der Waals surface area (Å²) < 4.78 is 7.01. The molecule has 1 aromatic heterocycles. The minimum atomic E-state index is -0.389. The van der Waals surface area contributed by atoms with E-state index < -0.39 is 0 Å². The Morgan fingerprint density at radius 1 is 1.32 bits per heavy atom. The third-order valence-corrected chi connectivity index (χ3v) is 4.73. The molecule has 132 valence electrons. The first kappa shape index (κ1) is 17.4. The highest BCUT2D eigenvalue weighted by Crippen LogP contribution is 2.27. The van der Waals surface area contributed by atoms with Crippen molar-refractivity contribution in [2.24, 2.45) is 7.05 Å². The molecule has 25 heavy (non-hydrogen) atoms. The molecule has 1 N–H and O–H groups in total. The minimum Gasteiger partial charge on any atom is -0.376 e. The molecule has 1 aliphatic rings. The van der Waals surface area contributed by atoms with E-state index in [0.717, 1.165) is 18.4 Å². The highest BCUT2D eigenvalue weighted by Gasteiger charge is 2.30. The van der Waals surface area contributed by atoms with Gasteiger partial charge in [0.25, 0.3) is 11.5 Å². The fourth-order valence-corrected chi connectivity index (χ4v) is 3.25. The third kappa shape index (κ3) is 3.49. The molecule has 0 radical (unpaired) electrons. The van der Waals surface area contributed by atoms with Gasteiger partial charge in [-0.1, -0.05) is 30.3 Å². The van der Waals surface area contributed by atoms with Crippen molar-refractivity contribution in [3.8, 4) is 0 Å². The largest absolute Gasteiger partial charge is 0.376 e. The van der Waals surface area contributed by atoms with E-state index in [1.807, 2.05) is 30.3 Å². The molecule has 0 aliphatic carbocycles. The first-order valence-corrected chi connectivity index (χ1v) is 8.51. The van der Waals surface area contributed by atoms with E-state index in [1.54, 1.807) is 20.9 Å². The molecule has 1 fully saturated rings. The van der Waals surface area contributed by atoms with E-state index in [-0.39, 0.29) is 29.2 Å². The van der Waals surface area contributed by atoms with Gasteiger partial charge in [-0.2, -0.15) is 5.10 Å². The van der Waals surface area contributed by atoms with Gasteiger partial charge in [-0.05, 0) is 37.8 Å². The van der Waals surface area contributed by atoms with Gasteiger partial charge >= 0.3 is 0 Å². The maximum absolute atomic E-state index is 12.9. The summed E-state index contributed by atoms with van der Waals surface area (Å²) in [6.07, 6.45) is 1.77. The number of nitrogens with zero attached hydrogens (tertiary/aromatic N) is 2. The summed E-state index contributed by atoms with van der Waals surface area (Å²) in [5.41, 5.74) is 2.01. The van der Waals surface area contributed by atoms with E-state index in [2.05, 4.69) is 10.4 Å². The van der Waals surface area contributed by atoms with Crippen molar-refractivity contribution in [1.29, 1.82) is 0 Å². The maximum atomic E-state index is 12.9. The number of carbonyl (C=O) groups is 1. The summed E-state index contributed by atoms with van der Waals surface area (Å²) in [5.74, 6) is -0.382. The van der Waals surface area contributed by atoms with Crippen LogP contribution in [0.1, 0.15) is 46.1 Å². The van der Waals surface area contributed by atoms with Gasteiger partial charge in [0.15, 0.2) is 0 Å². The summed E-state index contributed by atoms with van der Waals surface area (Å²) in [7, 11) is 1.56. The lowest BCUT2D eigenvalue weighted by Gasteiger charge is -2.25.